The first kappa shape index (κ1) is 104. The van der Waals surface area contributed by atoms with Gasteiger partial charge in [0, 0.05) is 82.3 Å². The lowest BCUT2D eigenvalue weighted by molar-refractivity contribution is 0.424. The van der Waals surface area contributed by atoms with Crippen molar-refractivity contribution in [2.75, 3.05) is 0 Å². The predicted octanol–water partition coefficient (Wildman–Crippen LogP) is 29.3. The van der Waals surface area contributed by atoms with E-state index in [1.165, 1.54) is 56.7 Å². The van der Waals surface area contributed by atoms with Gasteiger partial charge in [0.1, 0.15) is 14.8 Å². The van der Waals surface area contributed by atoms with Crippen molar-refractivity contribution in [3.8, 4) is 45.3 Å². The van der Waals surface area contributed by atoms with E-state index in [9.17, 15) is 0 Å². The lowest BCUT2D eigenvalue weighted by Crippen LogP contribution is -2.30. The molecule has 0 fully saturated rings. The molecule has 0 saturated heterocycles. The van der Waals surface area contributed by atoms with Gasteiger partial charge < -0.3 is 28.4 Å². The minimum atomic E-state index is -1.42. The van der Waals surface area contributed by atoms with Gasteiger partial charge in [0.2, 0.25) is 0 Å². The summed E-state index contributed by atoms with van der Waals surface area (Å²) >= 11 is 11.9. The van der Waals surface area contributed by atoms with Gasteiger partial charge in [0.05, 0.1) is 15.8 Å². The molecular weight excluding hydrogens is 2480 g/mol. The van der Waals surface area contributed by atoms with Crippen LogP contribution in [0.15, 0.2) is 297 Å². The van der Waals surface area contributed by atoms with Crippen LogP contribution in [0.3, 0.4) is 0 Å². The number of hydrogen-bond donors (Lipinski definition) is 4. The lowest BCUT2D eigenvalue weighted by Gasteiger charge is -2.53. The summed E-state index contributed by atoms with van der Waals surface area (Å²) in [6.07, 6.45) is 10.7. The molecule has 18 rings (SSSR count). The summed E-state index contributed by atoms with van der Waals surface area (Å²) in [5.41, 5.74) is 6.98. The Morgan fingerprint density at radius 1 is 0.328 bits per heavy atom. The van der Waals surface area contributed by atoms with Gasteiger partial charge >= 0.3 is 14.2 Å². The quantitative estimate of drug-likeness (QED) is 0.0201. The van der Waals surface area contributed by atoms with Crippen molar-refractivity contribution < 1.29 is 20.1 Å². The highest BCUT2D eigenvalue weighted by atomic mass is 127. The third-order valence-electron chi connectivity index (χ3n) is 19.4. The highest BCUT2D eigenvalue weighted by Crippen LogP contribution is 2.99. The van der Waals surface area contributed by atoms with E-state index in [2.05, 4.69) is 424 Å². The van der Waals surface area contributed by atoms with Gasteiger partial charge in [0.15, 0.2) is 16.4 Å². The molecule has 0 amide bonds. The van der Waals surface area contributed by atoms with Crippen molar-refractivity contribution in [3.63, 3.8) is 0 Å². The van der Waals surface area contributed by atoms with E-state index in [0.717, 1.165) is 111 Å². The number of aromatic nitrogens is 9. The molecule has 6 aromatic heterocycles. The molecule has 42 heteroatoms. The number of fused-ring (bicyclic) bond motifs is 9. The van der Waals surface area contributed by atoms with Crippen LogP contribution in [0.4, 0.5) is 0 Å². The summed E-state index contributed by atoms with van der Waals surface area (Å²) in [6, 6.07) is 86.6. The van der Waals surface area contributed by atoms with Gasteiger partial charge in [-0.05, 0) is 298 Å². The zero-order chi connectivity index (χ0) is 89.4. The van der Waals surface area contributed by atoms with Crippen LogP contribution >= 0.6 is 292 Å². The summed E-state index contributed by atoms with van der Waals surface area (Å²) in [7, 11) is 40.8. The summed E-state index contributed by atoms with van der Waals surface area (Å²) in [5, 5.41) is 56.8. The van der Waals surface area contributed by atoms with Gasteiger partial charge in [-0.15, -0.1) is 116 Å². The number of hydrogen-bond acceptors (Lipinski definition) is 13. The molecule has 4 N–H and O–H groups in total. The molecule has 0 radical (unpaired) electrons. The molecule has 13 nitrogen and oxygen atoms in total. The number of pyridine rings is 3. The smallest absolute Gasteiger partial charge is 0.489 e. The third kappa shape index (κ3) is 27.3. The van der Waals surface area contributed by atoms with E-state index in [1.807, 2.05) is 91.4 Å². The van der Waals surface area contributed by atoms with Crippen LogP contribution in [-0.4, -0.2) is 87.9 Å². The van der Waals surface area contributed by atoms with Crippen LogP contribution < -0.4 is 10.9 Å². The van der Waals surface area contributed by atoms with E-state index in [0.29, 0.717) is 30.2 Å². The van der Waals surface area contributed by atoms with Gasteiger partial charge in [-0.1, -0.05) is 204 Å². The van der Waals surface area contributed by atoms with Gasteiger partial charge in [-0.2, -0.15) is 0 Å². The average molecular weight is 2560 g/mol. The van der Waals surface area contributed by atoms with Crippen molar-refractivity contribution in [1.82, 2.24) is 44.9 Å². The summed E-state index contributed by atoms with van der Waals surface area (Å²) < 4.78 is 5.42. The first-order valence-electron chi connectivity index (χ1n) is 37.1. The molecule has 0 spiro atoms. The van der Waals surface area contributed by atoms with Crippen LogP contribution in [0.5, 0.6) is 0 Å². The molecule has 0 aliphatic carbocycles. The highest BCUT2D eigenvalue weighted by molar-refractivity contribution is 14.1. The van der Waals surface area contributed by atoms with Gasteiger partial charge in [-0.3, -0.25) is 23.9 Å². The Balaban J connectivity index is 0.000000147. The summed E-state index contributed by atoms with van der Waals surface area (Å²) in [6.45, 7) is 0. The van der Waals surface area contributed by atoms with Crippen molar-refractivity contribution in [2.24, 2.45) is 0 Å². The largest absolute Gasteiger partial charge is 0.491 e. The van der Waals surface area contributed by atoms with Crippen LogP contribution in [0.2, 0.25) is 0 Å². The Labute approximate surface area is 834 Å². The normalized spacial score (nSPS) is 11.7. The maximum absolute atomic E-state index is 9.15. The van der Waals surface area contributed by atoms with Crippen molar-refractivity contribution in [1.29, 1.82) is 0 Å². The minimum absolute atomic E-state index is 0.0280. The minimum Gasteiger partial charge on any atom is -0.491 e. The van der Waals surface area contributed by atoms with Crippen LogP contribution in [0.1, 0.15) is 0 Å². The molecule has 6 heterocycles. The van der Waals surface area contributed by atoms with Crippen molar-refractivity contribution >= 4 is 414 Å². The first-order valence-corrected chi connectivity index (χ1v) is 75.0. The molecule has 15 unspecified atom stereocenters. The number of halogens is 5. The Bertz CT molecular complexity index is 6560. The Kier molecular flexibility index (Phi) is 41.9. The monoisotopic (exact) mass is 2560 g/mol. The standard InChI is InChI=1S/C41H25N3.C14H11BO2.C13H7I2N3.C9H8BNO2.C4HBrI2N2.CH15P11.CH14P11/c1-3-8-28-20-35-22-32(14-12-30(35)18-26(28)6-1)39-24-40(44-41(43-39)38-11-5-10-34-25-42-17-16-37(34)38)33-15-13-31-19-27-7-2-4-9-29(27)21-36(31)23-33;16-15(17)14-6-5-12-7-10-3-1-2-4-11(10)8-13(12)9-14;14-11-6-12(15)18-13(17-11)10-3-1-2-8-7-16-5-4-9(8)10;12-10(13)9-3-1-2-7-6-11-5-4-8(7)9;5-4-8-2(6)1-3(7)9-4;2*2-9-1(10(3)4,11(5)6)12(7)8/h1-25H;1-9,16-17H;1-7H;1-6,12-13H;1H;9H,2-8H2;2-8H2/q;;;;;;-1. The number of benzene rings is 12. The fraction of sp³-hybridized carbons (Fsp3) is 0.0241. The second-order valence-electron chi connectivity index (χ2n) is 27.4. The fourth-order valence-corrected chi connectivity index (χ4v) is 116. The van der Waals surface area contributed by atoms with E-state index in [4.69, 9.17) is 30.1 Å². The van der Waals surface area contributed by atoms with Crippen LogP contribution in [-0.2, 0) is 0 Å². The van der Waals surface area contributed by atoms with E-state index in [-0.39, 0.29) is 43.8 Å². The summed E-state index contributed by atoms with van der Waals surface area (Å²) in [5.74, 6) is 1.47. The molecule has 0 aliphatic rings. The molecule has 0 aliphatic heterocycles. The fourth-order valence-electron chi connectivity index (χ4n) is 13.3. The molecule has 634 valence electrons. The zero-order valence-corrected chi connectivity index (χ0v) is 99.4. The number of rotatable bonds is 14. The molecule has 18 aromatic rings. The Morgan fingerprint density at radius 3 is 0.992 bits per heavy atom. The molecule has 15 atom stereocenters. The predicted molar refractivity (Wildman–Crippen MR) is 648 cm³/mol. The van der Waals surface area contributed by atoms with Crippen LogP contribution in [0, 0.1) is 14.8 Å². The maximum atomic E-state index is 9.15. The SMILES string of the molecule is Brc1nc(I)cc(I)n1.Ic1cc(I)nc(-c2cccc3cnccc23)n1.OB(O)c1ccc2cc3ccccc3cc2c1.OB(O)c1cccc2cnccc12.PPC(P(P)P)(P(P)P)P(P)P.P[P-]C(P(P)P)(P(P)P)P(P)P.c1ccc2cc3cc(-c4cc(-c5ccc6cc7ccccc7cc6c5)nc(-c5cccc6cnccc56)n4)ccc3cc2c1. The molecule has 12 aromatic carbocycles. The molecular formula is C83H81B2BrI4N9O4P22-. The summed E-state index contributed by atoms with van der Waals surface area (Å²) in [4.78, 5) is 39.9. The second-order valence-corrected chi connectivity index (χ2v) is 80.2. The lowest BCUT2D eigenvalue weighted by atomic mass is 9.77. The van der Waals surface area contributed by atoms with Crippen molar-refractivity contribution in [2.45, 2.75) is 8.76 Å². The van der Waals surface area contributed by atoms with E-state index in [1.54, 1.807) is 42.9 Å². The Morgan fingerprint density at radius 2 is 0.656 bits per heavy atom. The van der Waals surface area contributed by atoms with Crippen molar-refractivity contribution in [3.05, 3.63) is 312 Å². The number of nitrogens with zero attached hydrogens (tertiary/aromatic N) is 9. The van der Waals surface area contributed by atoms with Crippen LogP contribution in [0.25, 0.3) is 142 Å². The third-order valence-corrected chi connectivity index (χ3v) is 86.6. The van der Waals surface area contributed by atoms with Gasteiger partial charge in [-0.25, -0.2) is 29.9 Å². The maximum Gasteiger partial charge on any atom is 0.489 e. The molecule has 125 heavy (non-hydrogen) atoms. The van der Waals surface area contributed by atoms with Gasteiger partial charge in [0.25, 0.3) is 0 Å². The molecule has 0 saturated carbocycles. The van der Waals surface area contributed by atoms with E-state index < -0.39 is 14.2 Å². The Hall–Kier alpha value is 0.500. The highest BCUT2D eigenvalue weighted by Gasteiger charge is 2.40. The average Bonchev–Trinajstić information content (AvgIpc) is 0.766. The molecule has 0 bridgehead atoms. The topological polar surface area (TPSA) is 197 Å². The first-order chi connectivity index (χ1) is 60.0. The van der Waals surface area contributed by atoms with E-state index >= 15 is 0 Å². The zero-order valence-electron chi connectivity index (χ0n) is 65.8. The second kappa shape index (κ2) is 50.2.